The molecular formula is C55H52N4O2. The Balaban J connectivity index is 1.03. The number of nitrogens with zero attached hydrogens (tertiary/aromatic N) is 4. The lowest BCUT2D eigenvalue weighted by atomic mass is 9.78. The number of benzene rings is 6. The molecule has 0 fully saturated rings. The highest BCUT2D eigenvalue weighted by molar-refractivity contribution is 6.16. The van der Waals surface area contributed by atoms with E-state index < -0.39 is 0 Å². The zero-order chi connectivity index (χ0) is 42.3. The maximum Gasteiger partial charge on any atom is 0.161 e. The van der Waals surface area contributed by atoms with Crippen LogP contribution in [0, 0.1) is 0 Å². The third-order valence-electron chi connectivity index (χ3n) is 12.5. The number of hydrogen-bond acceptors (Lipinski definition) is 5. The van der Waals surface area contributed by atoms with Gasteiger partial charge in [-0.15, -0.1) is 0 Å². The molecule has 61 heavy (non-hydrogen) atoms. The highest BCUT2D eigenvalue weighted by Crippen LogP contribution is 2.47. The van der Waals surface area contributed by atoms with Crippen LogP contribution in [0.2, 0.25) is 0 Å². The maximum atomic E-state index is 6.77. The monoisotopic (exact) mass is 800 g/mol. The second-order valence-electron chi connectivity index (χ2n) is 19.0. The summed E-state index contributed by atoms with van der Waals surface area (Å²) < 4.78 is 15.6. The van der Waals surface area contributed by atoms with Gasteiger partial charge in [-0.2, -0.15) is 0 Å². The van der Waals surface area contributed by atoms with Crippen molar-refractivity contribution in [1.82, 2.24) is 9.55 Å². The van der Waals surface area contributed by atoms with Gasteiger partial charge < -0.3 is 19.0 Å². The first-order chi connectivity index (χ1) is 29.2. The Hall–Kier alpha value is -6.79. The topological polar surface area (TPSA) is 46.7 Å². The second-order valence-corrected chi connectivity index (χ2v) is 19.0. The van der Waals surface area contributed by atoms with Crippen molar-refractivity contribution in [3.8, 4) is 17.3 Å². The number of anilines is 4. The number of aromatic nitrogens is 2. The lowest BCUT2D eigenvalue weighted by molar-refractivity contribution is 0.483. The number of hydrogen-bond donors (Lipinski definition) is 0. The van der Waals surface area contributed by atoms with E-state index in [0.717, 1.165) is 61.7 Å². The lowest BCUT2D eigenvalue weighted by Crippen LogP contribution is -2.25. The molecule has 0 unspecified atom stereocenters. The molecule has 0 N–H and O–H groups in total. The van der Waals surface area contributed by atoms with Crippen LogP contribution in [0.1, 0.15) is 77.6 Å². The quantitative estimate of drug-likeness (QED) is 0.161. The van der Waals surface area contributed by atoms with E-state index in [4.69, 9.17) is 14.1 Å². The van der Waals surface area contributed by atoms with E-state index >= 15 is 0 Å². The molecule has 0 spiro atoms. The standard InChI is InChI=1S/C55H52N4O2/c1-53(2,3)38-29-39(54(4,5)6)31-41(30-38)58-35-57(46-22-13-14-23-47(46)58)40-19-16-20-42(33-40)60-43-25-26-44-48(34-43)59(51-45-21-12-15-24-49(45)61-52(44)51)50-32-37(27-28-56-50)55(7,8)36-17-10-9-11-18-36/h9-34H,35H2,1-8H3. The van der Waals surface area contributed by atoms with Crippen molar-refractivity contribution in [2.45, 2.75) is 71.6 Å². The van der Waals surface area contributed by atoms with E-state index in [1.807, 2.05) is 30.5 Å². The summed E-state index contributed by atoms with van der Waals surface area (Å²) in [6.45, 7) is 19.0. The molecule has 0 radical (unpaired) electrons. The Morgan fingerprint density at radius 2 is 1.18 bits per heavy atom. The Bertz CT molecular complexity index is 3070. The Labute approximate surface area is 358 Å². The zero-order valence-electron chi connectivity index (χ0n) is 36.3. The van der Waals surface area contributed by atoms with Crippen LogP contribution in [0.5, 0.6) is 11.5 Å². The molecule has 0 amide bonds. The van der Waals surface area contributed by atoms with Gasteiger partial charge in [0.2, 0.25) is 0 Å². The highest BCUT2D eigenvalue weighted by atomic mass is 16.5. The van der Waals surface area contributed by atoms with Crippen LogP contribution in [0.3, 0.4) is 0 Å². The number of ether oxygens (including phenoxy) is 1. The minimum atomic E-state index is -0.239. The Kier molecular flexibility index (Phi) is 8.92. The smallest absolute Gasteiger partial charge is 0.161 e. The van der Waals surface area contributed by atoms with E-state index in [0.29, 0.717) is 6.67 Å². The molecule has 9 aromatic rings. The molecule has 4 heterocycles. The predicted molar refractivity (Wildman–Crippen MR) is 253 cm³/mol. The molecule has 3 aromatic heterocycles. The molecule has 0 saturated carbocycles. The van der Waals surface area contributed by atoms with Gasteiger partial charge in [0, 0.05) is 45.9 Å². The van der Waals surface area contributed by atoms with Gasteiger partial charge >= 0.3 is 0 Å². The highest BCUT2D eigenvalue weighted by Gasteiger charge is 2.31. The van der Waals surface area contributed by atoms with E-state index in [9.17, 15) is 0 Å². The number of rotatable bonds is 7. The lowest BCUT2D eigenvalue weighted by Gasteiger charge is -2.29. The summed E-state index contributed by atoms with van der Waals surface area (Å²) in [7, 11) is 0. The Morgan fingerprint density at radius 3 is 1.90 bits per heavy atom. The summed E-state index contributed by atoms with van der Waals surface area (Å²) in [4.78, 5) is 9.82. The minimum Gasteiger partial charge on any atom is -0.457 e. The molecule has 6 nitrogen and oxygen atoms in total. The van der Waals surface area contributed by atoms with Crippen molar-refractivity contribution in [3.05, 3.63) is 180 Å². The molecule has 0 atom stereocenters. The van der Waals surface area contributed by atoms with Crippen LogP contribution in [0.15, 0.2) is 162 Å². The number of para-hydroxylation sites is 3. The van der Waals surface area contributed by atoms with Crippen LogP contribution in [-0.4, -0.2) is 16.2 Å². The van der Waals surface area contributed by atoms with Gasteiger partial charge in [-0.3, -0.25) is 4.57 Å². The van der Waals surface area contributed by atoms with Gasteiger partial charge in [0.15, 0.2) is 5.58 Å². The van der Waals surface area contributed by atoms with E-state index in [-0.39, 0.29) is 16.2 Å². The fourth-order valence-corrected chi connectivity index (χ4v) is 8.84. The van der Waals surface area contributed by atoms with Gasteiger partial charge in [-0.05, 0) is 106 Å². The molecule has 6 heteroatoms. The van der Waals surface area contributed by atoms with Crippen molar-refractivity contribution in [2.24, 2.45) is 0 Å². The average molecular weight is 801 g/mol. The van der Waals surface area contributed by atoms with Gasteiger partial charge in [-0.1, -0.05) is 122 Å². The third kappa shape index (κ3) is 6.71. The van der Waals surface area contributed by atoms with E-state index in [1.54, 1.807) is 0 Å². The first-order valence-corrected chi connectivity index (χ1v) is 21.3. The molecule has 1 aliphatic heterocycles. The normalized spacial score (nSPS) is 13.4. The van der Waals surface area contributed by atoms with Crippen LogP contribution < -0.4 is 14.5 Å². The molecule has 0 bridgehead atoms. The van der Waals surface area contributed by atoms with Crippen LogP contribution in [0.4, 0.5) is 22.7 Å². The maximum absolute atomic E-state index is 6.77. The summed E-state index contributed by atoms with van der Waals surface area (Å²) in [6.07, 6.45) is 1.92. The third-order valence-corrected chi connectivity index (χ3v) is 12.5. The number of fused-ring (bicyclic) bond motifs is 6. The predicted octanol–water partition coefficient (Wildman–Crippen LogP) is 14.9. The molecule has 0 saturated heterocycles. The van der Waals surface area contributed by atoms with Crippen molar-refractivity contribution < 1.29 is 9.15 Å². The first-order valence-electron chi connectivity index (χ1n) is 21.3. The van der Waals surface area contributed by atoms with Crippen molar-refractivity contribution in [3.63, 3.8) is 0 Å². The molecule has 10 rings (SSSR count). The van der Waals surface area contributed by atoms with E-state index in [1.165, 1.54) is 33.6 Å². The number of furan rings is 1. The zero-order valence-corrected chi connectivity index (χ0v) is 36.3. The van der Waals surface area contributed by atoms with Gasteiger partial charge in [0.1, 0.15) is 35.1 Å². The van der Waals surface area contributed by atoms with Crippen molar-refractivity contribution in [1.29, 1.82) is 0 Å². The second kappa shape index (κ2) is 14.2. The summed E-state index contributed by atoms with van der Waals surface area (Å²) in [6, 6.07) is 53.8. The molecule has 0 aliphatic carbocycles. The molecule has 1 aliphatic rings. The van der Waals surface area contributed by atoms with Crippen molar-refractivity contribution in [2.75, 3.05) is 16.5 Å². The number of pyridine rings is 1. The summed E-state index contributed by atoms with van der Waals surface area (Å²) >= 11 is 0. The molecular weight excluding hydrogens is 749 g/mol. The molecule has 304 valence electrons. The van der Waals surface area contributed by atoms with Crippen LogP contribution >= 0.6 is 0 Å². The van der Waals surface area contributed by atoms with Crippen LogP contribution in [0.25, 0.3) is 38.8 Å². The summed E-state index contributed by atoms with van der Waals surface area (Å²) in [5.41, 5.74) is 13.1. The summed E-state index contributed by atoms with van der Waals surface area (Å²) in [5, 5.41) is 2.04. The fourth-order valence-electron chi connectivity index (χ4n) is 8.84. The minimum absolute atomic E-state index is 0.0166. The largest absolute Gasteiger partial charge is 0.457 e. The van der Waals surface area contributed by atoms with Crippen LogP contribution in [-0.2, 0) is 16.2 Å². The fraction of sp³-hybridized carbons (Fsp3) is 0.218. The van der Waals surface area contributed by atoms with E-state index in [2.05, 4.69) is 197 Å². The van der Waals surface area contributed by atoms with Crippen molar-refractivity contribution >= 4 is 55.7 Å². The Morgan fingerprint density at radius 1 is 0.525 bits per heavy atom. The first kappa shape index (κ1) is 38.4. The SMILES string of the molecule is CC(C)(C)c1cc(N2CN(c3cccc(Oc4ccc5c6oc7ccccc7c6n(-c6cc(C(C)(C)c7ccccc7)ccn6)c5c4)c3)c3ccccc32)cc(C(C)(C)C)c1. The van der Waals surface area contributed by atoms with Gasteiger partial charge in [0.05, 0.1) is 16.9 Å². The molecule has 6 aromatic carbocycles. The summed E-state index contributed by atoms with van der Waals surface area (Å²) in [5.74, 6) is 2.31. The van der Waals surface area contributed by atoms with Gasteiger partial charge in [0.25, 0.3) is 0 Å². The van der Waals surface area contributed by atoms with Gasteiger partial charge in [-0.25, -0.2) is 4.98 Å². The average Bonchev–Trinajstić information content (AvgIpc) is 3.92.